The predicted molar refractivity (Wildman–Crippen MR) is 216 cm³/mol. The Morgan fingerprint density at radius 3 is 1.47 bits per heavy atom. The van der Waals surface area contributed by atoms with E-state index in [0.717, 1.165) is 38.8 Å². The van der Waals surface area contributed by atoms with Gasteiger partial charge in [-0.2, -0.15) is 0 Å². The number of fused-ring (bicyclic) bond motifs is 3. The first-order chi connectivity index (χ1) is 18.8. The van der Waals surface area contributed by atoms with Gasteiger partial charge in [-0.15, -0.1) is 0 Å². The first-order valence-electron chi connectivity index (χ1n) is 9.43. The first kappa shape index (κ1) is 33.7. The molecular formula is C18H13NOS18. The van der Waals surface area contributed by atoms with E-state index in [2.05, 4.69) is 18.2 Å². The molecule has 0 bridgehead atoms. The van der Waals surface area contributed by atoms with Crippen LogP contribution in [0.1, 0.15) is 0 Å². The number of nitrogen functional groups attached to an aromatic ring is 1. The zero-order chi connectivity index (χ0) is 26.8. The van der Waals surface area contributed by atoms with E-state index < -0.39 is 0 Å². The highest BCUT2D eigenvalue weighted by atomic mass is 33.5. The molecule has 0 unspecified atom stereocenters. The fourth-order valence-electron chi connectivity index (χ4n) is 2.86. The molecule has 1 aromatic heterocycles. The molecule has 1 heterocycles. The van der Waals surface area contributed by atoms with Crippen molar-refractivity contribution < 1.29 is 4.42 Å². The minimum Gasteiger partial charge on any atom is -0.455 e. The summed E-state index contributed by atoms with van der Waals surface area (Å²) in [6.07, 6.45) is 0. The van der Waals surface area contributed by atoms with Crippen LogP contribution in [0, 0.1) is 0 Å². The molecule has 4 rings (SSSR count). The summed E-state index contributed by atoms with van der Waals surface area (Å²) in [5, 5.41) is 2.26. The molecule has 0 amide bonds. The Hall–Kier alpha value is 1.22. The number of furan rings is 1. The minimum atomic E-state index is 0.764. The van der Waals surface area contributed by atoms with E-state index in [0.29, 0.717) is 0 Å². The average molecular weight is 837 g/mol. The van der Waals surface area contributed by atoms with Crippen molar-refractivity contribution >= 4 is 192 Å². The van der Waals surface area contributed by atoms with Gasteiger partial charge >= 0.3 is 0 Å². The summed E-state index contributed by atoms with van der Waals surface area (Å²) in [6.45, 7) is 0. The quantitative estimate of drug-likeness (QED) is 0.281. The molecule has 0 fully saturated rings. The summed E-state index contributed by atoms with van der Waals surface area (Å²) < 4.78 is 6.04. The number of anilines is 1. The van der Waals surface area contributed by atoms with Gasteiger partial charge in [-0.05, 0) is 12.1 Å². The van der Waals surface area contributed by atoms with Crippen molar-refractivity contribution in [1.82, 2.24) is 0 Å². The van der Waals surface area contributed by atoms with Crippen LogP contribution in [0.25, 0.3) is 33.1 Å². The van der Waals surface area contributed by atoms with Crippen molar-refractivity contribution in [2.24, 2.45) is 0 Å². The zero-order valence-electron chi connectivity index (χ0n) is 18.2. The maximum Gasteiger partial charge on any atom is 0.143 e. The van der Waals surface area contributed by atoms with Crippen LogP contribution >= 0.6 is 0 Å². The van der Waals surface area contributed by atoms with Crippen LogP contribution in [0.15, 0.2) is 71.1 Å². The van der Waals surface area contributed by atoms with Crippen LogP contribution in [-0.4, -0.2) is 0 Å². The number of nitrogens with two attached hydrogens (primary N) is 1. The second-order valence-corrected chi connectivity index (χ2v) is 34.3. The maximum absolute atomic E-state index is 6.10. The van der Waals surface area contributed by atoms with E-state index in [-0.39, 0.29) is 0 Å². The molecule has 2 nitrogen and oxygen atoms in total. The molecule has 204 valence electrons. The van der Waals surface area contributed by atoms with E-state index in [9.17, 15) is 0 Å². The zero-order valence-corrected chi connectivity index (χ0v) is 32.9. The van der Waals surface area contributed by atoms with E-state index >= 15 is 0 Å². The molecule has 0 atom stereocenters. The van der Waals surface area contributed by atoms with Crippen molar-refractivity contribution in [1.29, 1.82) is 0 Å². The lowest BCUT2D eigenvalue weighted by molar-refractivity contribution is 0.670. The Morgan fingerprint density at radius 1 is 0.474 bits per heavy atom. The van der Waals surface area contributed by atoms with Crippen molar-refractivity contribution in [2.75, 3.05) is 5.73 Å². The molecule has 0 aliphatic rings. The normalized spacial score (nSPS) is 9.37. The summed E-state index contributed by atoms with van der Waals surface area (Å²) in [5.74, 6) is 0. The standard InChI is InChI=1S/C18H13NO.S18/c19-16-10-3-1-6-12(16)14-8-5-9-15-13-7-2-4-11-17(13)20-18(14)15;1-3-5-7-9-11-13-15-17-18-16-14-12-10-8-6-4-2/h1-11H,19H2;. The van der Waals surface area contributed by atoms with Gasteiger partial charge < -0.3 is 10.2 Å². The second-order valence-electron chi connectivity index (χ2n) is 5.96. The molecule has 0 aliphatic carbocycles. The molecular weight excluding hydrogens is 823 g/mol. The fraction of sp³-hybridized carbons (Fsp3) is 0. The predicted octanol–water partition coefficient (Wildman–Crippen LogP) is 4.79. The second kappa shape index (κ2) is 21.0. The molecule has 0 saturated heterocycles. The Labute approximate surface area is 275 Å². The molecule has 2 N–H and O–H groups in total. The Kier molecular flexibility index (Phi) is 18.6. The average Bonchev–Trinajstić information content (AvgIpc) is 3.33. The molecule has 38 heavy (non-hydrogen) atoms. The summed E-state index contributed by atoms with van der Waals surface area (Å²) in [6, 6.07) is 22.2. The van der Waals surface area contributed by atoms with Gasteiger partial charge in [0.25, 0.3) is 0 Å². The number of para-hydroxylation sites is 3. The Morgan fingerprint density at radius 2 is 0.921 bits per heavy atom. The number of hydrogen-bond donors (Lipinski definition) is 1. The molecule has 0 radical (unpaired) electrons. The van der Waals surface area contributed by atoms with E-state index in [1.165, 1.54) is 17.8 Å². The summed E-state index contributed by atoms with van der Waals surface area (Å²) in [7, 11) is 27.2. The topological polar surface area (TPSA) is 39.2 Å². The van der Waals surface area contributed by atoms with Crippen LogP contribution < -0.4 is 5.73 Å². The maximum atomic E-state index is 6.10. The van der Waals surface area contributed by atoms with E-state index in [1.807, 2.05) is 48.5 Å². The lowest BCUT2D eigenvalue weighted by Gasteiger charge is -2.05. The summed E-state index contributed by atoms with van der Waals surface area (Å²) in [4.78, 5) is 0. The SMILES string of the molecule is Nc1ccccc1-c1cccc2c1oc1ccccc12.S=S=S=S=S=S=S=S=S=S=S=S=S=S=S=S=S=S. The van der Waals surface area contributed by atoms with Crippen LogP contribution in [0.3, 0.4) is 0 Å². The summed E-state index contributed by atoms with van der Waals surface area (Å²) >= 11 is 9.49. The van der Waals surface area contributed by atoms with Crippen molar-refractivity contribution in [2.45, 2.75) is 0 Å². The number of rotatable bonds is 1. The van der Waals surface area contributed by atoms with Gasteiger partial charge in [-0.25, -0.2) is 0 Å². The van der Waals surface area contributed by atoms with Crippen molar-refractivity contribution in [3.05, 3.63) is 66.7 Å². The van der Waals surface area contributed by atoms with E-state index in [4.69, 9.17) is 32.5 Å². The van der Waals surface area contributed by atoms with Crippen LogP contribution in [-0.2, 0) is 164 Å². The third-order valence-electron chi connectivity index (χ3n) is 4.07. The number of hydrogen-bond acceptors (Lipinski definition) is 4. The van der Waals surface area contributed by atoms with Gasteiger partial charge in [-0.1, -0.05) is 54.6 Å². The molecule has 20 heteroatoms. The monoisotopic (exact) mass is 835 g/mol. The number of benzene rings is 3. The van der Waals surface area contributed by atoms with Gasteiger partial charge in [-0.3, -0.25) is 0 Å². The minimum absolute atomic E-state index is 0.764. The van der Waals surface area contributed by atoms with Gasteiger partial charge in [0, 0.05) is 192 Å². The highest BCUT2D eigenvalue weighted by Crippen LogP contribution is 2.37. The van der Waals surface area contributed by atoms with Gasteiger partial charge in [0.2, 0.25) is 0 Å². The molecule has 3 aromatic carbocycles. The third-order valence-corrected chi connectivity index (χ3v) is 37.4. The highest BCUT2D eigenvalue weighted by molar-refractivity contribution is 8.77. The molecule has 0 aliphatic heterocycles. The smallest absolute Gasteiger partial charge is 0.143 e. The largest absolute Gasteiger partial charge is 0.455 e. The fourth-order valence-corrected chi connectivity index (χ4v) is 41.3. The first-order valence-corrected chi connectivity index (χ1v) is 32.1. The van der Waals surface area contributed by atoms with Gasteiger partial charge in [0.15, 0.2) is 0 Å². The Bertz CT molecular complexity index is 2100. The third kappa shape index (κ3) is 11.8. The molecule has 4 aromatic rings. The van der Waals surface area contributed by atoms with Crippen molar-refractivity contribution in [3.63, 3.8) is 0 Å². The highest BCUT2D eigenvalue weighted by Gasteiger charge is 2.12. The van der Waals surface area contributed by atoms with Gasteiger partial charge in [0.05, 0.1) is 0 Å². The lowest BCUT2D eigenvalue weighted by atomic mass is 10.0. The van der Waals surface area contributed by atoms with E-state index in [1.54, 1.807) is 124 Å². The van der Waals surface area contributed by atoms with Crippen molar-refractivity contribution in [3.8, 4) is 11.1 Å². The van der Waals surface area contributed by atoms with Crippen LogP contribution in [0.5, 0.6) is 0 Å². The van der Waals surface area contributed by atoms with Gasteiger partial charge in [0.1, 0.15) is 11.2 Å². The van der Waals surface area contributed by atoms with Crippen LogP contribution in [0.2, 0.25) is 0 Å². The van der Waals surface area contributed by atoms with Crippen LogP contribution in [0.4, 0.5) is 5.69 Å². The summed E-state index contributed by atoms with van der Waals surface area (Å²) in [5.41, 5.74) is 10.7. The molecule has 0 spiro atoms. The lowest BCUT2D eigenvalue weighted by Crippen LogP contribution is -1.89. The molecule has 0 saturated carbocycles. The Balaban J connectivity index is 0.000000213.